The van der Waals surface area contributed by atoms with Gasteiger partial charge in [-0.25, -0.2) is 4.79 Å². The van der Waals surface area contributed by atoms with Crippen LogP contribution in [0.2, 0.25) is 0 Å². The average Bonchev–Trinajstić information content (AvgIpc) is 2.14. The average molecular weight is 211 g/mol. The van der Waals surface area contributed by atoms with Crippen molar-refractivity contribution in [2.45, 2.75) is 19.0 Å². The molecule has 1 saturated heterocycles. The summed E-state index contributed by atoms with van der Waals surface area (Å²) in [5, 5.41) is 3.07. The van der Waals surface area contributed by atoms with Crippen LogP contribution >= 0.6 is 0 Å². The van der Waals surface area contributed by atoms with E-state index in [1.165, 1.54) is 0 Å². The normalized spacial score (nSPS) is 19.4. The van der Waals surface area contributed by atoms with E-state index in [2.05, 4.69) is 10.1 Å². The van der Waals surface area contributed by atoms with E-state index in [4.69, 9.17) is 0 Å². The van der Waals surface area contributed by atoms with Crippen LogP contribution in [0.4, 0.5) is 13.2 Å². The predicted octanol–water partition coefficient (Wildman–Crippen LogP) is 1.09. The second-order valence-corrected chi connectivity index (χ2v) is 3.29. The molecular weight excluding hydrogens is 199 g/mol. The molecule has 0 unspecified atom stereocenters. The molecule has 0 saturated carbocycles. The van der Waals surface area contributed by atoms with E-state index in [9.17, 15) is 18.0 Å². The van der Waals surface area contributed by atoms with E-state index in [0.29, 0.717) is 0 Å². The van der Waals surface area contributed by atoms with Crippen molar-refractivity contribution in [2.75, 3.05) is 19.7 Å². The van der Waals surface area contributed by atoms with E-state index in [1.54, 1.807) is 0 Å². The maximum absolute atomic E-state index is 11.7. The van der Waals surface area contributed by atoms with Crippen LogP contribution in [-0.2, 0) is 9.53 Å². The zero-order chi connectivity index (χ0) is 10.6. The molecule has 0 spiro atoms. The van der Waals surface area contributed by atoms with Gasteiger partial charge in [-0.05, 0) is 31.8 Å². The summed E-state index contributed by atoms with van der Waals surface area (Å²) in [6.07, 6.45) is -3.36. The van der Waals surface area contributed by atoms with Crippen LogP contribution in [0.25, 0.3) is 0 Å². The molecule has 0 aromatic heterocycles. The lowest BCUT2D eigenvalue weighted by molar-refractivity contribution is -0.201. The number of halogens is 3. The Morgan fingerprint density at radius 3 is 2.43 bits per heavy atom. The fourth-order valence-corrected chi connectivity index (χ4v) is 1.32. The lowest BCUT2D eigenvalue weighted by Gasteiger charge is -2.22. The number of nitrogens with one attached hydrogen (secondary N) is 1. The summed E-state index contributed by atoms with van der Waals surface area (Å²) in [5.41, 5.74) is 0. The van der Waals surface area contributed by atoms with Crippen molar-refractivity contribution in [1.82, 2.24) is 5.32 Å². The van der Waals surface area contributed by atoms with E-state index < -0.39 is 12.1 Å². The van der Waals surface area contributed by atoms with E-state index in [-0.39, 0.29) is 12.5 Å². The molecule has 0 bridgehead atoms. The Labute approximate surface area is 79.6 Å². The summed E-state index contributed by atoms with van der Waals surface area (Å²) < 4.78 is 39.3. The van der Waals surface area contributed by atoms with Crippen LogP contribution in [0, 0.1) is 5.92 Å². The number of alkyl halides is 3. The maximum Gasteiger partial charge on any atom is 0.490 e. The van der Waals surface area contributed by atoms with Crippen molar-refractivity contribution >= 4 is 5.97 Å². The van der Waals surface area contributed by atoms with Crippen LogP contribution in [0.1, 0.15) is 12.8 Å². The largest absolute Gasteiger partial charge is 0.490 e. The molecule has 1 heterocycles. The van der Waals surface area contributed by atoms with E-state index in [0.717, 1.165) is 25.9 Å². The van der Waals surface area contributed by atoms with Gasteiger partial charge in [0.05, 0.1) is 6.61 Å². The third-order valence-electron chi connectivity index (χ3n) is 2.14. The van der Waals surface area contributed by atoms with E-state index >= 15 is 0 Å². The molecule has 1 rings (SSSR count). The highest BCUT2D eigenvalue weighted by Gasteiger charge is 2.41. The number of esters is 1. The van der Waals surface area contributed by atoms with Gasteiger partial charge in [-0.1, -0.05) is 0 Å². The molecule has 1 N–H and O–H groups in total. The first-order chi connectivity index (χ1) is 6.50. The van der Waals surface area contributed by atoms with Crippen molar-refractivity contribution in [1.29, 1.82) is 0 Å². The number of rotatable bonds is 2. The summed E-state index contributed by atoms with van der Waals surface area (Å²) in [4.78, 5) is 10.3. The maximum atomic E-state index is 11.7. The van der Waals surface area contributed by atoms with Gasteiger partial charge in [0.2, 0.25) is 0 Å². The summed E-state index contributed by atoms with van der Waals surface area (Å²) in [6, 6.07) is 0. The standard InChI is InChI=1S/C8H12F3NO2/c9-8(10,11)7(13)14-5-6-1-3-12-4-2-6/h6,12H,1-5H2. The van der Waals surface area contributed by atoms with Crippen molar-refractivity contribution < 1.29 is 22.7 Å². The highest BCUT2D eigenvalue weighted by molar-refractivity contribution is 5.75. The predicted molar refractivity (Wildman–Crippen MR) is 42.6 cm³/mol. The number of carbonyl (C=O) groups excluding carboxylic acids is 1. The number of hydrogen-bond donors (Lipinski definition) is 1. The SMILES string of the molecule is O=C(OCC1CCNCC1)C(F)(F)F. The lowest BCUT2D eigenvalue weighted by Crippen LogP contribution is -2.33. The van der Waals surface area contributed by atoms with Crippen LogP contribution < -0.4 is 5.32 Å². The second-order valence-electron chi connectivity index (χ2n) is 3.29. The molecule has 1 aliphatic heterocycles. The molecule has 14 heavy (non-hydrogen) atoms. The Morgan fingerprint density at radius 1 is 1.36 bits per heavy atom. The molecule has 1 fully saturated rings. The highest BCUT2D eigenvalue weighted by atomic mass is 19.4. The van der Waals surface area contributed by atoms with E-state index in [1.807, 2.05) is 0 Å². The number of piperidine rings is 1. The second kappa shape index (κ2) is 4.63. The van der Waals surface area contributed by atoms with Gasteiger partial charge in [0, 0.05) is 0 Å². The molecule has 82 valence electrons. The molecule has 0 atom stereocenters. The molecule has 0 aromatic carbocycles. The number of hydrogen-bond acceptors (Lipinski definition) is 3. The zero-order valence-corrected chi connectivity index (χ0v) is 7.56. The van der Waals surface area contributed by atoms with Gasteiger partial charge in [0.15, 0.2) is 0 Å². The molecule has 3 nitrogen and oxygen atoms in total. The Morgan fingerprint density at radius 2 is 1.93 bits per heavy atom. The molecule has 0 radical (unpaired) electrons. The Hall–Kier alpha value is -0.780. The summed E-state index contributed by atoms with van der Waals surface area (Å²) in [5.74, 6) is -2.03. The monoisotopic (exact) mass is 211 g/mol. The van der Waals surface area contributed by atoms with Crippen LogP contribution in [0.3, 0.4) is 0 Å². The molecule has 6 heteroatoms. The molecule has 1 aliphatic rings. The minimum Gasteiger partial charge on any atom is -0.459 e. The third-order valence-corrected chi connectivity index (χ3v) is 2.14. The van der Waals surface area contributed by atoms with Gasteiger partial charge in [-0.3, -0.25) is 0 Å². The minimum absolute atomic E-state index is 0.0579. The van der Waals surface area contributed by atoms with Crippen LogP contribution in [0.15, 0.2) is 0 Å². The van der Waals surface area contributed by atoms with Crippen molar-refractivity contribution in [3.05, 3.63) is 0 Å². The minimum atomic E-state index is -4.87. The lowest BCUT2D eigenvalue weighted by atomic mass is 9.99. The van der Waals surface area contributed by atoms with Gasteiger partial charge < -0.3 is 10.1 Å². The zero-order valence-electron chi connectivity index (χ0n) is 7.56. The van der Waals surface area contributed by atoms with Gasteiger partial charge >= 0.3 is 12.1 Å². The quantitative estimate of drug-likeness (QED) is 0.695. The fraction of sp³-hybridized carbons (Fsp3) is 0.875. The smallest absolute Gasteiger partial charge is 0.459 e. The Kier molecular flexibility index (Phi) is 3.74. The van der Waals surface area contributed by atoms with Gasteiger partial charge in [-0.2, -0.15) is 13.2 Å². The van der Waals surface area contributed by atoms with Crippen LogP contribution in [-0.4, -0.2) is 31.8 Å². The molecular formula is C8H12F3NO2. The molecule has 0 aromatic rings. The molecule has 0 aliphatic carbocycles. The van der Waals surface area contributed by atoms with Crippen LogP contribution in [0.5, 0.6) is 0 Å². The van der Waals surface area contributed by atoms with Crippen molar-refractivity contribution in [3.8, 4) is 0 Å². The number of carbonyl (C=O) groups is 1. The van der Waals surface area contributed by atoms with Crippen molar-refractivity contribution in [2.24, 2.45) is 5.92 Å². The van der Waals surface area contributed by atoms with Gasteiger partial charge in [0.1, 0.15) is 0 Å². The van der Waals surface area contributed by atoms with Gasteiger partial charge in [-0.15, -0.1) is 0 Å². The fourth-order valence-electron chi connectivity index (χ4n) is 1.32. The highest BCUT2D eigenvalue weighted by Crippen LogP contribution is 2.18. The summed E-state index contributed by atoms with van der Waals surface area (Å²) >= 11 is 0. The third kappa shape index (κ3) is 3.53. The van der Waals surface area contributed by atoms with Gasteiger partial charge in [0.25, 0.3) is 0 Å². The Balaban J connectivity index is 2.22. The summed E-state index contributed by atoms with van der Waals surface area (Å²) in [7, 11) is 0. The molecule has 0 amide bonds. The first kappa shape index (κ1) is 11.3. The first-order valence-corrected chi connectivity index (χ1v) is 4.45. The van der Waals surface area contributed by atoms with Crippen molar-refractivity contribution in [3.63, 3.8) is 0 Å². The Bertz CT molecular complexity index is 199. The first-order valence-electron chi connectivity index (χ1n) is 4.45. The topological polar surface area (TPSA) is 38.3 Å². The number of ether oxygens (including phenoxy) is 1. The summed E-state index contributed by atoms with van der Waals surface area (Å²) in [6.45, 7) is 1.42.